The van der Waals surface area contributed by atoms with Crippen LogP contribution < -0.4 is 10.1 Å². The van der Waals surface area contributed by atoms with Gasteiger partial charge in [-0.05, 0) is 49.6 Å². The van der Waals surface area contributed by atoms with E-state index in [1.807, 2.05) is 61.5 Å². The molecule has 0 bridgehead atoms. The Bertz CT molecular complexity index is 923. The molecule has 0 spiro atoms. The molecule has 1 unspecified atom stereocenters. The Morgan fingerprint density at radius 2 is 1.96 bits per heavy atom. The fraction of sp³-hybridized carbons (Fsp3) is 0.286. The standard InChI is InChI=1S/C21H22N4O2S/c1-15(28-21-24-22-14-25(21)18-9-10-18)20(26)23-17-7-11-19(12-8-17)27-13-16-5-3-2-4-6-16/h2-8,11-12,14-15,18H,9-10,13H2,1H3,(H,23,26). The number of hydrogen-bond acceptors (Lipinski definition) is 5. The zero-order chi connectivity index (χ0) is 19.3. The maximum Gasteiger partial charge on any atom is 0.237 e. The molecule has 1 aliphatic carbocycles. The van der Waals surface area contributed by atoms with Crippen molar-refractivity contribution in [2.45, 2.75) is 42.8 Å². The summed E-state index contributed by atoms with van der Waals surface area (Å²) in [6.45, 7) is 2.39. The number of carbonyl (C=O) groups excluding carboxylic acids is 1. The van der Waals surface area contributed by atoms with Gasteiger partial charge in [-0.3, -0.25) is 4.79 Å². The Hall–Kier alpha value is -2.80. The van der Waals surface area contributed by atoms with E-state index in [-0.39, 0.29) is 11.2 Å². The minimum atomic E-state index is -0.268. The van der Waals surface area contributed by atoms with E-state index in [4.69, 9.17) is 4.74 Å². The summed E-state index contributed by atoms with van der Waals surface area (Å²) in [6, 6.07) is 17.9. The van der Waals surface area contributed by atoms with Crippen LogP contribution in [0.2, 0.25) is 0 Å². The third-order valence-electron chi connectivity index (χ3n) is 4.50. The largest absolute Gasteiger partial charge is 0.489 e. The normalized spacial score (nSPS) is 14.5. The molecular weight excluding hydrogens is 372 g/mol. The Kier molecular flexibility index (Phi) is 5.62. The van der Waals surface area contributed by atoms with Gasteiger partial charge in [0, 0.05) is 11.7 Å². The number of benzene rings is 2. The van der Waals surface area contributed by atoms with Crippen molar-refractivity contribution >= 4 is 23.4 Å². The number of nitrogens with zero attached hydrogens (tertiary/aromatic N) is 3. The smallest absolute Gasteiger partial charge is 0.237 e. The molecule has 3 aromatic rings. The predicted octanol–water partition coefficient (Wildman–Crippen LogP) is 4.31. The van der Waals surface area contributed by atoms with Crippen molar-refractivity contribution < 1.29 is 9.53 Å². The molecule has 1 aromatic heterocycles. The van der Waals surface area contributed by atoms with Crippen LogP contribution in [0.4, 0.5) is 5.69 Å². The van der Waals surface area contributed by atoms with E-state index in [1.165, 1.54) is 11.8 Å². The van der Waals surface area contributed by atoms with E-state index < -0.39 is 0 Å². The summed E-state index contributed by atoms with van der Waals surface area (Å²) in [5.74, 6) is 0.704. The van der Waals surface area contributed by atoms with Crippen LogP contribution in [0.3, 0.4) is 0 Å². The highest BCUT2D eigenvalue weighted by molar-refractivity contribution is 8.00. The van der Waals surface area contributed by atoms with Crippen molar-refractivity contribution in [2.75, 3.05) is 5.32 Å². The lowest BCUT2D eigenvalue weighted by Gasteiger charge is -2.13. The highest BCUT2D eigenvalue weighted by Gasteiger charge is 2.27. The lowest BCUT2D eigenvalue weighted by atomic mass is 10.2. The number of carbonyl (C=O) groups is 1. The lowest BCUT2D eigenvalue weighted by molar-refractivity contribution is -0.115. The first-order chi connectivity index (χ1) is 13.7. The summed E-state index contributed by atoms with van der Waals surface area (Å²) < 4.78 is 7.84. The monoisotopic (exact) mass is 394 g/mol. The molecule has 0 saturated heterocycles. The molecular formula is C21H22N4O2S. The Morgan fingerprint density at radius 3 is 2.68 bits per heavy atom. The van der Waals surface area contributed by atoms with Gasteiger partial charge in [0.25, 0.3) is 0 Å². The first-order valence-electron chi connectivity index (χ1n) is 9.33. The predicted molar refractivity (Wildman–Crippen MR) is 109 cm³/mol. The van der Waals surface area contributed by atoms with Crippen molar-refractivity contribution in [1.82, 2.24) is 14.8 Å². The number of ether oxygens (including phenoxy) is 1. The van der Waals surface area contributed by atoms with Gasteiger partial charge in [-0.2, -0.15) is 0 Å². The molecule has 4 rings (SSSR count). The number of nitrogens with one attached hydrogen (secondary N) is 1. The average Bonchev–Trinajstić information content (AvgIpc) is 3.47. The van der Waals surface area contributed by atoms with Crippen LogP contribution in [0.5, 0.6) is 5.75 Å². The summed E-state index contributed by atoms with van der Waals surface area (Å²) in [4.78, 5) is 12.5. The van der Waals surface area contributed by atoms with Crippen LogP contribution in [0.1, 0.15) is 31.4 Å². The highest BCUT2D eigenvalue weighted by atomic mass is 32.2. The van der Waals surface area contributed by atoms with Gasteiger partial charge < -0.3 is 14.6 Å². The van der Waals surface area contributed by atoms with Gasteiger partial charge in [-0.1, -0.05) is 42.1 Å². The number of anilines is 1. The zero-order valence-corrected chi connectivity index (χ0v) is 16.4. The van der Waals surface area contributed by atoms with Crippen LogP contribution in [-0.4, -0.2) is 25.9 Å². The first kappa shape index (κ1) is 18.6. The van der Waals surface area contributed by atoms with Gasteiger partial charge >= 0.3 is 0 Å². The van der Waals surface area contributed by atoms with Crippen LogP contribution in [0, 0.1) is 0 Å². The van der Waals surface area contributed by atoms with Crippen molar-refractivity contribution in [3.63, 3.8) is 0 Å². The van der Waals surface area contributed by atoms with Crippen molar-refractivity contribution in [3.8, 4) is 5.75 Å². The second-order valence-corrected chi connectivity index (χ2v) is 8.11. The van der Waals surface area contributed by atoms with Gasteiger partial charge in [0.15, 0.2) is 5.16 Å². The summed E-state index contributed by atoms with van der Waals surface area (Å²) in [6.07, 6.45) is 4.06. The third-order valence-corrected chi connectivity index (χ3v) is 5.57. The fourth-order valence-corrected chi connectivity index (χ4v) is 3.64. The zero-order valence-electron chi connectivity index (χ0n) is 15.6. The number of aromatic nitrogens is 3. The van der Waals surface area contributed by atoms with Crippen molar-refractivity contribution in [1.29, 1.82) is 0 Å². The quantitative estimate of drug-likeness (QED) is 0.577. The number of rotatable bonds is 8. The molecule has 1 saturated carbocycles. The molecule has 1 heterocycles. The van der Waals surface area contributed by atoms with Gasteiger partial charge in [-0.25, -0.2) is 0 Å². The van der Waals surface area contributed by atoms with Crippen molar-refractivity contribution in [2.24, 2.45) is 0 Å². The second kappa shape index (κ2) is 8.48. The summed E-state index contributed by atoms with van der Waals surface area (Å²) in [7, 11) is 0. The summed E-state index contributed by atoms with van der Waals surface area (Å²) in [5, 5.41) is 11.6. The first-order valence-corrected chi connectivity index (χ1v) is 10.2. The number of thioether (sulfide) groups is 1. The molecule has 6 nitrogen and oxygen atoms in total. The molecule has 0 aliphatic heterocycles. The molecule has 1 amide bonds. The molecule has 1 aliphatic rings. The maximum atomic E-state index is 12.5. The lowest BCUT2D eigenvalue weighted by Crippen LogP contribution is -2.22. The summed E-state index contributed by atoms with van der Waals surface area (Å²) in [5.41, 5.74) is 1.86. The minimum Gasteiger partial charge on any atom is -0.489 e. The highest BCUT2D eigenvalue weighted by Crippen LogP contribution is 2.38. The van der Waals surface area contributed by atoms with Gasteiger partial charge in [0.2, 0.25) is 5.91 Å². The molecule has 2 aromatic carbocycles. The summed E-state index contributed by atoms with van der Waals surface area (Å²) >= 11 is 1.43. The van der Waals surface area contributed by atoms with Crippen LogP contribution in [0.15, 0.2) is 66.1 Å². The fourth-order valence-electron chi connectivity index (χ4n) is 2.75. The second-order valence-electron chi connectivity index (χ2n) is 6.80. The van der Waals surface area contributed by atoms with E-state index in [0.29, 0.717) is 12.6 Å². The number of hydrogen-bond donors (Lipinski definition) is 1. The van der Waals surface area contributed by atoms with Crippen LogP contribution in [-0.2, 0) is 11.4 Å². The molecule has 0 radical (unpaired) electrons. The van der Waals surface area contributed by atoms with E-state index in [9.17, 15) is 4.79 Å². The Balaban J connectivity index is 1.29. The van der Waals surface area contributed by atoms with E-state index in [0.717, 1.165) is 35.0 Å². The van der Waals surface area contributed by atoms with Gasteiger partial charge in [0.1, 0.15) is 18.7 Å². The van der Waals surface area contributed by atoms with E-state index in [2.05, 4.69) is 20.1 Å². The minimum absolute atomic E-state index is 0.0618. The molecule has 7 heteroatoms. The number of amides is 1. The Labute approximate surface area is 168 Å². The Morgan fingerprint density at radius 1 is 1.21 bits per heavy atom. The topological polar surface area (TPSA) is 69.0 Å². The SMILES string of the molecule is CC(Sc1nncn1C1CC1)C(=O)Nc1ccc(OCc2ccccc2)cc1. The average molecular weight is 395 g/mol. The maximum absolute atomic E-state index is 12.5. The van der Waals surface area contributed by atoms with E-state index >= 15 is 0 Å². The van der Waals surface area contributed by atoms with Crippen LogP contribution >= 0.6 is 11.8 Å². The van der Waals surface area contributed by atoms with Gasteiger partial charge in [0.05, 0.1) is 5.25 Å². The molecule has 1 fully saturated rings. The van der Waals surface area contributed by atoms with Crippen molar-refractivity contribution in [3.05, 3.63) is 66.5 Å². The molecule has 1 atom stereocenters. The van der Waals surface area contributed by atoms with Crippen LogP contribution in [0.25, 0.3) is 0 Å². The molecule has 144 valence electrons. The molecule has 28 heavy (non-hydrogen) atoms. The van der Waals surface area contributed by atoms with E-state index in [1.54, 1.807) is 6.33 Å². The van der Waals surface area contributed by atoms with Gasteiger partial charge in [-0.15, -0.1) is 10.2 Å². The third kappa shape index (κ3) is 4.72. The molecule has 1 N–H and O–H groups in total.